The largest absolute Gasteiger partial charge is 0.484 e. The molecule has 0 aliphatic carbocycles. The van der Waals surface area contributed by atoms with Crippen LogP contribution in [0.25, 0.3) is 0 Å². The summed E-state index contributed by atoms with van der Waals surface area (Å²) < 4.78 is 38.2. The Bertz CT molecular complexity index is 1480. The van der Waals surface area contributed by atoms with Crippen molar-refractivity contribution >= 4 is 27.8 Å². The van der Waals surface area contributed by atoms with Crippen molar-refractivity contribution in [3.63, 3.8) is 0 Å². The average molecular weight is 594 g/mol. The Morgan fingerprint density at radius 1 is 0.952 bits per heavy atom. The summed E-state index contributed by atoms with van der Waals surface area (Å²) in [6.45, 7) is 2.32. The number of rotatable bonds is 12. The van der Waals surface area contributed by atoms with Gasteiger partial charge >= 0.3 is 5.97 Å². The second kappa shape index (κ2) is 14.1. The van der Waals surface area contributed by atoms with Crippen LogP contribution in [0.2, 0.25) is 0 Å². The van der Waals surface area contributed by atoms with E-state index in [0.717, 1.165) is 11.1 Å². The monoisotopic (exact) mass is 593 g/mol. The number of benzene rings is 3. The minimum Gasteiger partial charge on any atom is -0.484 e. The standard InChI is InChI=1S/C31H35N3O7S/c1-22-10-16-26(17-11-22)42(38,39)34-18-6-9-28(34)30(36)33-27(31(37)40-2)19-23-12-14-25(15-13-23)41-21-29(35)32-20-24-7-4-3-5-8-24/h3-5,7-8,10-17,27-28H,6,9,18-21H2,1-2H3,(H,32,35)(H,33,36)/t27-,28-/m0/s1. The first kappa shape index (κ1) is 30.7. The maximum atomic E-state index is 13.3. The zero-order valence-corrected chi connectivity index (χ0v) is 24.4. The van der Waals surface area contributed by atoms with Crippen molar-refractivity contribution in [2.24, 2.45) is 0 Å². The molecule has 0 unspecified atom stereocenters. The molecule has 10 nitrogen and oxygen atoms in total. The molecule has 2 atom stereocenters. The van der Waals surface area contributed by atoms with Crippen molar-refractivity contribution in [1.82, 2.24) is 14.9 Å². The lowest BCUT2D eigenvalue weighted by Gasteiger charge is -2.25. The predicted octanol–water partition coefficient (Wildman–Crippen LogP) is 2.74. The number of aryl methyl sites for hydroxylation is 1. The molecule has 0 bridgehead atoms. The molecule has 0 aromatic heterocycles. The van der Waals surface area contributed by atoms with Gasteiger partial charge in [-0.3, -0.25) is 9.59 Å². The summed E-state index contributed by atoms with van der Waals surface area (Å²) in [6, 6.07) is 20.8. The summed E-state index contributed by atoms with van der Waals surface area (Å²) in [5.74, 6) is -0.998. The average Bonchev–Trinajstić information content (AvgIpc) is 3.51. The van der Waals surface area contributed by atoms with E-state index < -0.39 is 34.0 Å². The fourth-order valence-electron chi connectivity index (χ4n) is 4.69. The van der Waals surface area contributed by atoms with Crippen molar-refractivity contribution in [3.05, 3.63) is 95.6 Å². The van der Waals surface area contributed by atoms with Gasteiger partial charge in [0.1, 0.15) is 17.8 Å². The maximum Gasteiger partial charge on any atom is 0.328 e. The molecular weight excluding hydrogens is 558 g/mol. The minimum absolute atomic E-state index is 0.119. The summed E-state index contributed by atoms with van der Waals surface area (Å²) >= 11 is 0. The highest BCUT2D eigenvalue weighted by atomic mass is 32.2. The topological polar surface area (TPSA) is 131 Å². The Labute approximate surface area is 246 Å². The van der Waals surface area contributed by atoms with Crippen LogP contribution in [0.3, 0.4) is 0 Å². The first-order valence-electron chi connectivity index (χ1n) is 13.7. The van der Waals surface area contributed by atoms with Crippen LogP contribution < -0.4 is 15.4 Å². The van der Waals surface area contributed by atoms with Gasteiger partial charge in [-0.05, 0) is 55.2 Å². The highest BCUT2D eigenvalue weighted by Gasteiger charge is 2.40. The van der Waals surface area contributed by atoms with E-state index in [4.69, 9.17) is 9.47 Å². The number of nitrogens with zero attached hydrogens (tertiary/aromatic N) is 1. The number of methoxy groups -OCH3 is 1. The maximum absolute atomic E-state index is 13.3. The highest BCUT2D eigenvalue weighted by Crippen LogP contribution is 2.27. The number of sulfonamides is 1. The second-order valence-corrected chi connectivity index (χ2v) is 12.0. The van der Waals surface area contributed by atoms with Crippen LogP contribution in [-0.2, 0) is 42.1 Å². The number of amides is 2. The molecule has 0 saturated carbocycles. The van der Waals surface area contributed by atoms with Gasteiger partial charge in [0.15, 0.2) is 6.61 Å². The third-order valence-electron chi connectivity index (χ3n) is 7.00. The Morgan fingerprint density at radius 3 is 2.31 bits per heavy atom. The molecule has 222 valence electrons. The van der Waals surface area contributed by atoms with E-state index in [0.29, 0.717) is 30.7 Å². The first-order valence-corrected chi connectivity index (χ1v) is 15.1. The molecule has 11 heteroatoms. The van der Waals surface area contributed by atoms with Gasteiger partial charge in [-0.1, -0.05) is 60.2 Å². The Balaban J connectivity index is 1.34. The SMILES string of the molecule is COC(=O)[C@H](Cc1ccc(OCC(=O)NCc2ccccc2)cc1)NC(=O)[C@@H]1CCCN1S(=O)(=O)c1ccc(C)cc1. The van der Waals surface area contributed by atoms with Crippen molar-refractivity contribution in [2.45, 2.75) is 49.7 Å². The molecule has 1 aliphatic heterocycles. The number of carbonyl (C=O) groups excluding carboxylic acids is 3. The van der Waals surface area contributed by atoms with Crippen molar-refractivity contribution in [2.75, 3.05) is 20.3 Å². The molecule has 1 fully saturated rings. The van der Waals surface area contributed by atoms with Gasteiger partial charge in [-0.25, -0.2) is 13.2 Å². The molecule has 42 heavy (non-hydrogen) atoms. The summed E-state index contributed by atoms with van der Waals surface area (Å²) in [4.78, 5) is 38.1. The second-order valence-electron chi connectivity index (χ2n) is 10.1. The summed E-state index contributed by atoms with van der Waals surface area (Å²) in [6.07, 6.45) is 0.987. The van der Waals surface area contributed by atoms with Crippen molar-refractivity contribution < 1.29 is 32.3 Å². The number of esters is 1. The molecular formula is C31H35N3O7S. The van der Waals surface area contributed by atoms with E-state index >= 15 is 0 Å². The Hall–Kier alpha value is -4.22. The van der Waals surface area contributed by atoms with Gasteiger partial charge in [0, 0.05) is 19.5 Å². The van der Waals surface area contributed by atoms with E-state index in [2.05, 4.69) is 10.6 Å². The molecule has 1 heterocycles. The van der Waals surface area contributed by atoms with Gasteiger partial charge in [-0.2, -0.15) is 4.31 Å². The van der Waals surface area contributed by atoms with Crippen LogP contribution in [0.15, 0.2) is 83.8 Å². The number of hydrogen-bond acceptors (Lipinski definition) is 7. The summed E-state index contributed by atoms with van der Waals surface area (Å²) in [5, 5.41) is 5.49. The quantitative estimate of drug-likeness (QED) is 0.309. The van der Waals surface area contributed by atoms with Crippen LogP contribution in [0.4, 0.5) is 0 Å². The predicted molar refractivity (Wildman–Crippen MR) is 156 cm³/mol. The van der Waals surface area contributed by atoms with Crippen LogP contribution in [0.5, 0.6) is 5.75 Å². The fourth-order valence-corrected chi connectivity index (χ4v) is 6.35. The molecule has 2 N–H and O–H groups in total. The number of hydrogen-bond donors (Lipinski definition) is 2. The molecule has 3 aromatic carbocycles. The highest BCUT2D eigenvalue weighted by molar-refractivity contribution is 7.89. The Morgan fingerprint density at radius 2 is 1.64 bits per heavy atom. The van der Waals surface area contributed by atoms with Crippen LogP contribution in [-0.4, -0.2) is 62.9 Å². The number of nitrogens with one attached hydrogen (secondary N) is 2. The van der Waals surface area contributed by atoms with E-state index in [-0.39, 0.29) is 30.4 Å². The van der Waals surface area contributed by atoms with Crippen LogP contribution in [0, 0.1) is 6.92 Å². The minimum atomic E-state index is -3.89. The van der Waals surface area contributed by atoms with Gasteiger partial charge in [-0.15, -0.1) is 0 Å². The third kappa shape index (κ3) is 7.95. The van der Waals surface area contributed by atoms with Crippen molar-refractivity contribution in [3.8, 4) is 5.75 Å². The van der Waals surface area contributed by atoms with Gasteiger partial charge in [0.2, 0.25) is 15.9 Å². The van der Waals surface area contributed by atoms with Gasteiger partial charge in [0.05, 0.1) is 12.0 Å². The molecule has 0 radical (unpaired) electrons. The molecule has 0 spiro atoms. The number of carbonyl (C=O) groups is 3. The zero-order valence-electron chi connectivity index (χ0n) is 23.6. The smallest absolute Gasteiger partial charge is 0.328 e. The zero-order chi connectivity index (χ0) is 30.1. The van der Waals surface area contributed by atoms with E-state index in [9.17, 15) is 22.8 Å². The fraction of sp³-hybridized carbons (Fsp3) is 0.323. The molecule has 1 saturated heterocycles. The lowest BCUT2D eigenvalue weighted by Crippen LogP contribution is -2.51. The molecule has 2 amide bonds. The van der Waals surface area contributed by atoms with E-state index in [1.54, 1.807) is 36.4 Å². The van der Waals surface area contributed by atoms with Gasteiger partial charge < -0.3 is 20.1 Å². The molecule has 4 rings (SSSR count). The lowest BCUT2D eigenvalue weighted by molar-refractivity contribution is -0.145. The Kier molecular flexibility index (Phi) is 10.3. The normalized spacial score (nSPS) is 15.9. The molecule has 1 aliphatic rings. The summed E-state index contributed by atoms with van der Waals surface area (Å²) in [7, 11) is -2.66. The van der Waals surface area contributed by atoms with E-state index in [1.807, 2.05) is 37.3 Å². The van der Waals surface area contributed by atoms with Crippen molar-refractivity contribution in [1.29, 1.82) is 0 Å². The number of ether oxygens (including phenoxy) is 2. The van der Waals surface area contributed by atoms with Crippen LogP contribution in [0.1, 0.15) is 29.5 Å². The first-order chi connectivity index (χ1) is 20.2. The van der Waals surface area contributed by atoms with Gasteiger partial charge in [0.25, 0.3) is 5.91 Å². The van der Waals surface area contributed by atoms with E-state index in [1.165, 1.54) is 23.5 Å². The third-order valence-corrected chi connectivity index (χ3v) is 8.92. The molecule has 3 aromatic rings. The summed E-state index contributed by atoms with van der Waals surface area (Å²) in [5.41, 5.74) is 2.62. The van der Waals surface area contributed by atoms with Crippen LogP contribution >= 0.6 is 0 Å². The lowest BCUT2D eigenvalue weighted by atomic mass is 10.0.